The molecule has 0 bridgehead atoms. The zero-order chi connectivity index (χ0) is 17.4. The van der Waals surface area contributed by atoms with Crippen LogP contribution in [-0.2, 0) is 13.1 Å². The first-order chi connectivity index (χ1) is 11.6. The van der Waals surface area contributed by atoms with Gasteiger partial charge in [0.1, 0.15) is 17.4 Å². The molecule has 0 aliphatic rings. The van der Waals surface area contributed by atoms with E-state index in [0.29, 0.717) is 24.8 Å². The van der Waals surface area contributed by atoms with Crippen LogP contribution in [0.25, 0.3) is 0 Å². The molecule has 0 saturated carbocycles. The van der Waals surface area contributed by atoms with Crippen LogP contribution in [0.2, 0.25) is 0 Å². The number of hydrogen-bond acceptors (Lipinski definition) is 4. The van der Waals surface area contributed by atoms with Gasteiger partial charge in [-0.2, -0.15) is 0 Å². The molecule has 1 heterocycles. The van der Waals surface area contributed by atoms with E-state index in [2.05, 4.69) is 20.6 Å². The molecule has 24 heavy (non-hydrogen) atoms. The number of thiazole rings is 1. The van der Waals surface area contributed by atoms with Gasteiger partial charge in [-0.15, -0.1) is 11.3 Å². The predicted octanol–water partition coefficient (Wildman–Crippen LogP) is 2.96. The molecule has 2 aromatic rings. The van der Waals surface area contributed by atoms with Gasteiger partial charge >= 0.3 is 0 Å². The zero-order valence-electron chi connectivity index (χ0n) is 13.6. The third-order valence-electron chi connectivity index (χ3n) is 3.03. The number of rotatable bonds is 7. The van der Waals surface area contributed by atoms with Gasteiger partial charge in [0.15, 0.2) is 5.96 Å². The van der Waals surface area contributed by atoms with Crippen molar-refractivity contribution in [2.45, 2.75) is 26.4 Å². The van der Waals surface area contributed by atoms with Crippen LogP contribution in [0.4, 0.5) is 8.78 Å². The van der Waals surface area contributed by atoms with Crippen LogP contribution in [0.5, 0.6) is 5.75 Å². The summed E-state index contributed by atoms with van der Waals surface area (Å²) in [4.78, 5) is 9.59. The van der Waals surface area contributed by atoms with E-state index >= 15 is 0 Å². The minimum absolute atomic E-state index is 0.427. The lowest BCUT2D eigenvalue weighted by atomic mass is 10.2. The maximum absolute atomic E-state index is 12.2. The number of alkyl halides is 2. The van der Waals surface area contributed by atoms with E-state index in [0.717, 1.165) is 15.4 Å². The summed E-state index contributed by atoms with van der Waals surface area (Å²) < 4.78 is 29.4. The summed E-state index contributed by atoms with van der Waals surface area (Å²) in [5.41, 5.74) is 0.912. The number of aromatic nitrogens is 1. The third-order valence-corrected chi connectivity index (χ3v) is 3.95. The molecule has 130 valence electrons. The molecular formula is C16H20F2N4OS. The minimum atomic E-state index is -2.48. The van der Waals surface area contributed by atoms with Gasteiger partial charge in [-0.05, 0) is 24.6 Å². The molecule has 0 saturated heterocycles. The average Bonchev–Trinajstić information content (AvgIpc) is 2.99. The molecule has 2 N–H and O–H groups in total. The average molecular weight is 354 g/mol. The van der Waals surface area contributed by atoms with E-state index in [1.807, 2.05) is 19.2 Å². The van der Waals surface area contributed by atoms with Crippen molar-refractivity contribution in [1.29, 1.82) is 0 Å². The van der Waals surface area contributed by atoms with E-state index in [4.69, 9.17) is 4.74 Å². The van der Waals surface area contributed by atoms with E-state index in [1.165, 1.54) is 0 Å². The lowest BCUT2D eigenvalue weighted by molar-refractivity contribution is 0.0818. The highest BCUT2D eigenvalue weighted by Gasteiger charge is 2.05. The third kappa shape index (κ3) is 6.11. The molecule has 0 fully saturated rings. The fourth-order valence-electron chi connectivity index (χ4n) is 1.95. The van der Waals surface area contributed by atoms with Gasteiger partial charge in [-0.25, -0.2) is 13.8 Å². The first kappa shape index (κ1) is 18.1. The Balaban J connectivity index is 1.83. The van der Waals surface area contributed by atoms with Crippen LogP contribution in [0.1, 0.15) is 15.4 Å². The summed E-state index contributed by atoms with van der Waals surface area (Å²) in [6, 6.07) is 7.04. The van der Waals surface area contributed by atoms with Crippen LogP contribution in [0.3, 0.4) is 0 Å². The first-order valence-electron chi connectivity index (χ1n) is 7.42. The highest BCUT2D eigenvalue weighted by molar-refractivity contribution is 7.11. The summed E-state index contributed by atoms with van der Waals surface area (Å²) in [6.45, 7) is 2.50. The SMILES string of the molecule is CN=C(NCc1cccc(OCC(F)F)c1)NCc1ncc(C)s1. The van der Waals surface area contributed by atoms with Crippen molar-refractivity contribution in [2.24, 2.45) is 4.99 Å². The Bertz CT molecular complexity index is 676. The molecule has 1 aromatic carbocycles. The van der Waals surface area contributed by atoms with Crippen LogP contribution < -0.4 is 15.4 Å². The maximum Gasteiger partial charge on any atom is 0.272 e. The number of halogens is 2. The second-order valence-corrected chi connectivity index (χ2v) is 6.31. The Morgan fingerprint density at radius 2 is 2.12 bits per heavy atom. The lowest BCUT2D eigenvalue weighted by Gasteiger charge is -2.12. The van der Waals surface area contributed by atoms with Crippen molar-refractivity contribution in [1.82, 2.24) is 15.6 Å². The molecule has 5 nitrogen and oxygen atoms in total. The van der Waals surface area contributed by atoms with Crippen molar-refractivity contribution in [3.05, 3.63) is 45.9 Å². The smallest absolute Gasteiger partial charge is 0.272 e. The highest BCUT2D eigenvalue weighted by Crippen LogP contribution is 2.14. The van der Waals surface area contributed by atoms with Crippen LogP contribution in [-0.4, -0.2) is 31.0 Å². The quantitative estimate of drug-likeness (QED) is 0.593. The minimum Gasteiger partial charge on any atom is -0.488 e. The van der Waals surface area contributed by atoms with Gasteiger partial charge in [-0.3, -0.25) is 4.99 Å². The molecule has 0 spiro atoms. The molecule has 0 amide bonds. The van der Waals surface area contributed by atoms with Crippen molar-refractivity contribution in [2.75, 3.05) is 13.7 Å². The summed E-state index contributed by atoms with van der Waals surface area (Å²) in [6.07, 6.45) is -0.646. The molecule has 2 rings (SSSR count). The number of aryl methyl sites for hydroxylation is 1. The Morgan fingerprint density at radius 1 is 1.33 bits per heavy atom. The van der Waals surface area contributed by atoms with Crippen molar-refractivity contribution in [3.8, 4) is 5.75 Å². The molecule has 0 radical (unpaired) electrons. The largest absolute Gasteiger partial charge is 0.488 e. The summed E-state index contributed by atoms with van der Waals surface area (Å²) in [5, 5.41) is 7.33. The van der Waals surface area contributed by atoms with Gasteiger partial charge in [-0.1, -0.05) is 12.1 Å². The normalized spacial score (nSPS) is 11.6. The van der Waals surface area contributed by atoms with Gasteiger partial charge in [0.2, 0.25) is 0 Å². The Morgan fingerprint density at radius 3 is 2.79 bits per heavy atom. The number of guanidine groups is 1. The van der Waals surface area contributed by atoms with E-state index in [-0.39, 0.29) is 0 Å². The van der Waals surface area contributed by atoms with Crippen molar-refractivity contribution in [3.63, 3.8) is 0 Å². The fraction of sp³-hybridized carbons (Fsp3) is 0.375. The van der Waals surface area contributed by atoms with Gasteiger partial charge in [0.25, 0.3) is 6.43 Å². The van der Waals surface area contributed by atoms with Crippen LogP contribution in [0, 0.1) is 6.92 Å². The van der Waals surface area contributed by atoms with Gasteiger partial charge < -0.3 is 15.4 Å². The molecule has 0 aliphatic carbocycles. The summed E-state index contributed by atoms with van der Waals surface area (Å²) in [7, 11) is 1.69. The van der Waals surface area contributed by atoms with Gasteiger partial charge in [0, 0.05) is 24.7 Å². The number of nitrogens with zero attached hydrogens (tertiary/aromatic N) is 2. The summed E-state index contributed by atoms with van der Waals surface area (Å²) >= 11 is 1.63. The van der Waals surface area contributed by atoms with E-state index in [1.54, 1.807) is 36.6 Å². The topological polar surface area (TPSA) is 58.5 Å². The summed E-state index contributed by atoms with van der Waals surface area (Å²) in [5.74, 6) is 1.07. The second-order valence-electron chi connectivity index (χ2n) is 4.99. The monoisotopic (exact) mass is 354 g/mol. The fourth-order valence-corrected chi connectivity index (χ4v) is 2.68. The molecule has 0 atom stereocenters. The molecule has 1 aromatic heterocycles. The number of hydrogen-bond donors (Lipinski definition) is 2. The molecule has 0 unspecified atom stereocenters. The number of nitrogens with one attached hydrogen (secondary N) is 2. The van der Waals surface area contributed by atoms with Crippen LogP contribution in [0.15, 0.2) is 35.5 Å². The Kier molecular flexibility index (Phi) is 6.92. The highest BCUT2D eigenvalue weighted by atomic mass is 32.1. The Hall–Kier alpha value is -2.22. The number of ether oxygens (including phenoxy) is 1. The number of aliphatic imine (C=N–C) groups is 1. The zero-order valence-corrected chi connectivity index (χ0v) is 14.4. The maximum atomic E-state index is 12.2. The van der Waals surface area contributed by atoms with Crippen molar-refractivity contribution < 1.29 is 13.5 Å². The lowest BCUT2D eigenvalue weighted by Crippen LogP contribution is -2.36. The molecule has 8 heteroatoms. The molecular weight excluding hydrogens is 334 g/mol. The van der Waals surface area contributed by atoms with E-state index < -0.39 is 13.0 Å². The molecule has 0 aliphatic heterocycles. The van der Waals surface area contributed by atoms with Crippen LogP contribution >= 0.6 is 11.3 Å². The van der Waals surface area contributed by atoms with Crippen molar-refractivity contribution >= 4 is 17.3 Å². The van der Waals surface area contributed by atoms with Gasteiger partial charge in [0.05, 0.1) is 6.54 Å². The second kappa shape index (κ2) is 9.17. The Labute approximate surface area is 143 Å². The van der Waals surface area contributed by atoms with E-state index in [9.17, 15) is 8.78 Å². The number of benzene rings is 1. The standard InChI is InChI=1S/C16H20F2N4OS/c1-11-7-20-15(24-11)9-22-16(19-2)21-8-12-4-3-5-13(6-12)23-10-14(17)18/h3-7,14H,8-10H2,1-2H3,(H2,19,21,22). The first-order valence-corrected chi connectivity index (χ1v) is 8.24. The predicted molar refractivity (Wildman–Crippen MR) is 91.8 cm³/mol.